The van der Waals surface area contributed by atoms with Gasteiger partial charge in [0.2, 0.25) is 5.91 Å². The van der Waals surface area contributed by atoms with E-state index in [4.69, 9.17) is 0 Å². The number of anilines is 1. The Kier molecular flexibility index (Phi) is 4.97. The second kappa shape index (κ2) is 8.07. The van der Waals surface area contributed by atoms with Gasteiger partial charge >= 0.3 is 0 Å². The summed E-state index contributed by atoms with van der Waals surface area (Å²) in [5.41, 5.74) is 3.60. The zero-order valence-electron chi connectivity index (χ0n) is 17.0. The van der Waals surface area contributed by atoms with Gasteiger partial charge in [0.05, 0.1) is 6.54 Å². The summed E-state index contributed by atoms with van der Waals surface area (Å²) in [7, 11) is 0. The average molecular weight is 406 g/mol. The number of benzene rings is 4. The molecule has 0 saturated carbocycles. The number of carbonyl (C=O) groups excluding carboxylic acids is 2. The number of carbonyl (C=O) groups is 2. The molecule has 0 radical (unpaired) electrons. The highest BCUT2D eigenvalue weighted by Crippen LogP contribution is 2.35. The molecule has 1 atom stereocenters. The Hall–Kier alpha value is -3.92. The Labute approximate surface area is 181 Å². The Balaban J connectivity index is 1.55. The van der Waals surface area contributed by atoms with Crippen molar-refractivity contribution in [2.45, 2.75) is 19.0 Å². The molecule has 0 aromatic heterocycles. The summed E-state index contributed by atoms with van der Waals surface area (Å²) in [5.74, 6) is -0.321. The van der Waals surface area contributed by atoms with Crippen molar-refractivity contribution in [1.82, 2.24) is 5.32 Å². The van der Waals surface area contributed by atoms with E-state index in [1.807, 2.05) is 66.7 Å². The normalized spacial score (nSPS) is 15.5. The quantitative estimate of drug-likeness (QED) is 0.533. The fraction of sp³-hybridized carbons (Fsp3) is 0.111. The van der Waals surface area contributed by atoms with Gasteiger partial charge in [-0.15, -0.1) is 0 Å². The standard InChI is InChI=1S/C27H22N2O2/c30-26(21-12-5-2-6-13-21)28-24-17-23-22-14-8-7-11-20(22)15-16-25(23)29(27(24)31)18-19-9-3-1-4-10-19/h1-16,24H,17-18H2,(H,28,30). The summed E-state index contributed by atoms with van der Waals surface area (Å²) >= 11 is 0. The van der Waals surface area contributed by atoms with Gasteiger partial charge in [-0.25, -0.2) is 0 Å². The molecule has 4 aromatic carbocycles. The zero-order chi connectivity index (χ0) is 21.2. The van der Waals surface area contributed by atoms with Crippen LogP contribution in [0.1, 0.15) is 21.5 Å². The number of hydrogen-bond donors (Lipinski definition) is 1. The molecule has 0 bridgehead atoms. The summed E-state index contributed by atoms with van der Waals surface area (Å²) in [6.07, 6.45) is 0.472. The van der Waals surface area contributed by atoms with Gasteiger partial charge in [-0.2, -0.15) is 0 Å². The lowest BCUT2D eigenvalue weighted by atomic mass is 9.91. The summed E-state index contributed by atoms with van der Waals surface area (Å²) in [6.45, 7) is 0.461. The van der Waals surface area contributed by atoms with E-state index in [0.29, 0.717) is 18.5 Å². The van der Waals surface area contributed by atoms with Crippen LogP contribution in [0.5, 0.6) is 0 Å². The van der Waals surface area contributed by atoms with Gasteiger partial charge in [0.25, 0.3) is 5.91 Å². The Morgan fingerprint density at radius 3 is 2.29 bits per heavy atom. The molecular formula is C27H22N2O2. The Bertz CT molecular complexity index is 1250. The number of nitrogens with zero attached hydrogens (tertiary/aromatic N) is 1. The van der Waals surface area contributed by atoms with Crippen molar-refractivity contribution in [3.8, 4) is 0 Å². The molecule has 1 unspecified atom stereocenters. The molecule has 0 aliphatic carbocycles. The maximum absolute atomic E-state index is 13.5. The molecule has 152 valence electrons. The van der Waals surface area contributed by atoms with Gasteiger partial charge in [0.15, 0.2) is 0 Å². The predicted octanol–water partition coefficient (Wildman–Crippen LogP) is 4.73. The summed E-state index contributed by atoms with van der Waals surface area (Å²) in [6, 6.07) is 30.6. The maximum atomic E-state index is 13.5. The second-order valence-corrected chi connectivity index (χ2v) is 7.79. The van der Waals surface area contributed by atoms with Crippen molar-refractivity contribution in [1.29, 1.82) is 0 Å². The predicted molar refractivity (Wildman–Crippen MR) is 123 cm³/mol. The zero-order valence-corrected chi connectivity index (χ0v) is 17.0. The molecule has 1 heterocycles. The first-order chi connectivity index (χ1) is 15.2. The van der Waals surface area contributed by atoms with Crippen LogP contribution in [-0.2, 0) is 17.8 Å². The molecule has 1 aliphatic rings. The number of fused-ring (bicyclic) bond motifs is 3. The molecule has 2 amide bonds. The van der Waals surface area contributed by atoms with Crippen LogP contribution in [0, 0.1) is 0 Å². The smallest absolute Gasteiger partial charge is 0.251 e. The summed E-state index contributed by atoms with van der Waals surface area (Å²) in [4.78, 5) is 28.1. The van der Waals surface area contributed by atoms with E-state index < -0.39 is 6.04 Å². The van der Waals surface area contributed by atoms with Gasteiger partial charge in [-0.3, -0.25) is 9.59 Å². The fourth-order valence-corrected chi connectivity index (χ4v) is 4.26. The van der Waals surface area contributed by atoms with E-state index in [1.165, 1.54) is 0 Å². The molecule has 0 fully saturated rings. The van der Waals surface area contributed by atoms with Crippen LogP contribution >= 0.6 is 0 Å². The third kappa shape index (κ3) is 3.68. The first-order valence-electron chi connectivity index (χ1n) is 10.4. The van der Waals surface area contributed by atoms with Crippen molar-refractivity contribution in [3.63, 3.8) is 0 Å². The van der Waals surface area contributed by atoms with Gasteiger partial charge in [0.1, 0.15) is 6.04 Å². The minimum absolute atomic E-state index is 0.0871. The van der Waals surface area contributed by atoms with Crippen LogP contribution in [0.25, 0.3) is 10.8 Å². The molecule has 1 N–H and O–H groups in total. The highest BCUT2D eigenvalue weighted by molar-refractivity contribution is 6.07. The van der Waals surface area contributed by atoms with Crippen LogP contribution in [0.3, 0.4) is 0 Å². The lowest BCUT2D eigenvalue weighted by Gasteiger charge is -2.35. The number of nitrogens with one attached hydrogen (secondary N) is 1. The van der Waals surface area contributed by atoms with Crippen molar-refractivity contribution in [2.75, 3.05) is 4.90 Å². The van der Waals surface area contributed by atoms with Gasteiger partial charge < -0.3 is 10.2 Å². The Morgan fingerprint density at radius 1 is 0.839 bits per heavy atom. The van der Waals surface area contributed by atoms with Gasteiger partial charge in [0, 0.05) is 17.7 Å². The van der Waals surface area contributed by atoms with Crippen LogP contribution in [0.15, 0.2) is 97.1 Å². The van der Waals surface area contributed by atoms with Gasteiger partial charge in [-0.1, -0.05) is 78.9 Å². The molecule has 4 nitrogen and oxygen atoms in total. The van der Waals surface area contributed by atoms with E-state index in [2.05, 4.69) is 23.5 Å². The topological polar surface area (TPSA) is 49.4 Å². The molecule has 5 rings (SSSR count). The molecule has 31 heavy (non-hydrogen) atoms. The second-order valence-electron chi connectivity index (χ2n) is 7.79. The van der Waals surface area contributed by atoms with Crippen molar-refractivity contribution < 1.29 is 9.59 Å². The monoisotopic (exact) mass is 406 g/mol. The van der Waals surface area contributed by atoms with E-state index in [0.717, 1.165) is 27.6 Å². The number of hydrogen-bond acceptors (Lipinski definition) is 2. The summed E-state index contributed by atoms with van der Waals surface area (Å²) < 4.78 is 0. The third-order valence-corrected chi connectivity index (χ3v) is 5.80. The molecule has 0 saturated heterocycles. The van der Waals surface area contributed by atoms with Crippen LogP contribution in [0.2, 0.25) is 0 Å². The first-order valence-corrected chi connectivity index (χ1v) is 10.4. The first kappa shape index (κ1) is 19.1. The van der Waals surface area contributed by atoms with E-state index in [9.17, 15) is 9.59 Å². The van der Waals surface area contributed by atoms with Crippen LogP contribution in [0.4, 0.5) is 5.69 Å². The van der Waals surface area contributed by atoms with Crippen molar-refractivity contribution in [3.05, 3.63) is 114 Å². The highest BCUT2D eigenvalue weighted by Gasteiger charge is 2.34. The fourth-order valence-electron chi connectivity index (χ4n) is 4.26. The van der Waals surface area contributed by atoms with Crippen molar-refractivity contribution in [2.24, 2.45) is 0 Å². The minimum atomic E-state index is -0.616. The van der Waals surface area contributed by atoms with Gasteiger partial charge in [-0.05, 0) is 40.1 Å². The average Bonchev–Trinajstić information content (AvgIpc) is 2.82. The third-order valence-electron chi connectivity index (χ3n) is 5.80. The van der Waals surface area contributed by atoms with Crippen LogP contribution < -0.4 is 10.2 Å². The molecular weight excluding hydrogens is 384 g/mol. The lowest BCUT2D eigenvalue weighted by Crippen LogP contribution is -2.52. The number of amides is 2. The largest absolute Gasteiger partial charge is 0.340 e. The lowest BCUT2D eigenvalue weighted by molar-refractivity contribution is -0.120. The molecule has 1 aliphatic heterocycles. The maximum Gasteiger partial charge on any atom is 0.251 e. The van der Waals surface area contributed by atoms with E-state index >= 15 is 0 Å². The minimum Gasteiger partial charge on any atom is -0.340 e. The highest BCUT2D eigenvalue weighted by atomic mass is 16.2. The Morgan fingerprint density at radius 2 is 1.52 bits per heavy atom. The van der Waals surface area contributed by atoms with E-state index in [1.54, 1.807) is 17.0 Å². The molecule has 4 heteroatoms. The van der Waals surface area contributed by atoms with E-state index in [-0.39, 0.29) is 11.8 Å². The summed E-state index contributed by atoms with van der Waals surface area (Å²) in [5, 5.41) is 5.22. The van der Waals surface area contributed by atoms with Crippen LogP contribution in [-0.4, -0.2) is 17.9 Å². The van der Waals surface area contributed by atoms with Crippen molar-refractivity contribution >= 4 is 28.3 Å². The molecule has 0 spiro atoms. The SMILES string of the molecule is O=C(NC1Cc2c(ccc3ccccc23)N(Cc2ccccc2)C1=O)c1ccccc1. The molecule has 4 aromatic rings. The number of rotatable bonds is 4.